The van der Waals surface area contributed by atoms with Gasteiger partial charge >= 0.3 is 6.01 Å². The highest BCUT2D eigenvalue weighted by molar-refractivity contribution is 6.04. The molecule has 250 valence electrons. The summed E-state index contributed by atoms with van der Waals surface area (Å²) >= 11 is 0. The summed E-state index contributed by atoms with van der Waals surface area (Å²) in [5, 5.41) is 15.3. The number of rotatable bonds is 6. The molecule has 3 fully saturated rings. The first-order valence-electron chi connectivity index (χ1n) is 16.8. The zero-order chi connectivity index (χ0) is 33.2. The number of nitrogens with zero attached hydrogens (tertiary/aromatic N) is 5. The van der Waals surface area contributed by atoms with Gasteiger partial charge in [0.15, 0.2) is 5.82 Å². The molecule has 2 aromatic carbocycles. The quantitative estimate of drug-likeness (QED) is 0.261. The molecular weight excluding hydrogens is 621 g/mol. The number of benzene rings is 2. The third kappa shape index (κ3) is 5.06. The molecule has 0 radical (unpaired) electrons. The van der Waals surface area contributed by atoms with E-state index >= 15 is 4.39 Å². The Balaban J connectivity index is 1.33. The maximum Gasteiger partial charge on any atom is 0.319 e. The van der Waals surface area contributed by atoms with E-state index in [1.165, 1.54) is 24.3 Å². The smallest absolute Gasteiger partial charge is 0.319 e. The first kappa shape index (κ1) is 31.0. The summed E-state index contributed by atoms with van der Waals surface area (Å²) < 4.78 is 59.2. The number of terminal acetylenes is 1. The highest BCUT2D eigenvalue weighted by Gasteiger charge is 2.49. The number of phenols is 1. The van der Waals surface area contributed by atoms with E-state index in [9.17, 15) is 13.9 Å². The standard InChI is InChI=1S/C36H37F3N6O3/c1-3-6-22-18-45-23(16-40-22)9-12-47-34-29-32(42-35(43-33(29)45)48-19-36-10-5-11-44(36)17-21(37)15-36)30(39)31(41-34)26-14-24(46)13-20-7-8-27(38)25(4-2)28(20)26/h2,7-8,13-14,21-23,40,46H,3,5-6,9-12,15-19H2,1H3/t21-,22-,23-,36+/m1/s1. The van der Waals surface area contributed by atoms with Gasteiger partial charge in [-0.3, -0.25) is 4.90 Å². The second-order valence-electron chi connectivity index (χ2n) is 13.5. The number of aromatic nitrogens is 3. The molecule has 0 bridgehead atoms. The molecule has 2 N–H and O–H groups in total. The van der Waals surface area contributed by atoms with Crippen molar-refractivity contribution >= 4 is 27.5 Å². The van der Waals surface area contributed by atoms with Gasteiger partial charge in [-0.1, -0.05) is 25.3 Å². The topological polar surface area (TPSA) is 95.9 Å². The Labute approximate surface area is 276 Å². The van der Waals surface area contributed by atoms with Crippen molar-refractivity contribution in [3.8, 4) is 41.2 Å². The molecule has 0 amide bonds. The van der Waals surface area contributed by atoms with Gasteiger partial charge in [0, 0.05) is 55.5 Å². The Morgan fingerprint density at radius 2 is 2.06 bits per heavy atom. The molecule has 0 aliphatic carbocycles. The van der Waals surface area contributed by atoms with Gasteiger partial charge in [-0.2, -0.15) is 9.97 Å². The van der Waals surface area contributed by atoms with Crippen LogP contribution in [0.5, 0.6) is 17.6 Å². The number of piperazine rings is 1. The fourth-order valence-corrected chi connectivity index (χ4v) is 8.27. The number of anilines is 1. The Bertz CT molecular complexity index is 1970. The van der Waals surface area contributed by atoms with Crippen molar-refractivity contribution in [3.05, 3.63) is 41.5 Å². The Hall–Kier alpha value is -4.34. The van der Waals surface area contributed by atoms with Crippen LogP contribution in [0.4, 0.5) is 19.0 Å². The summed E-state index contributed by atoms with van der Waals surface area (Å²) in [5.41, 5.74) is -0.709. The van der Waals surface area contributed by atoms with Crippen LogP contribution in [-0.2, 0) is 0 Å². The fourth-order valence-electron chi connectivity index (χ4n) is 8.27. The molecule has 3 saturated heterocycles. The van der Waals surface area contributed by atoms with E-state index < -0.39 is 23.3 Å². The van der Waals surface area contributed by atoms with E-state index in [2.05, 4.69) is 37.9 Å². The van der Waals surface area contributed by atoms with E-state index in [0.29, 0.717) is 55.7 Å². The van der Waals surface area contributed by atoms with Crippen molar-refractivity contribution < 1.29 is 27.8 Å². The van der Waals surface area contributed by atoms with Gasteiger partial charge in [0.05, 0.1) is 17.7 Å². The van der Waals surface area contributed by atoms with Gasteiger partial charge in [0.2, 0.25) is 5.88 Å². The third-order valence-corrected chi connectivity index (χ3v) is 10.5. The van der Waals surface area contributed by atoms with E-state index in [-0.39, 0.29) is 64.1 Å². The maximum atomic E-state index is 17.1. The number of hydrogen-bond donors (Lipinski definition) is 2. The fraction of sp³-hybridized carbons (Fsp3) is 0.472. The SMILES string of the molecule is C#Cc1c(F)ccc2cc(O)cc(-c3nc4c5c(nc(OC[C@@]67CCCN6C[C@H](F)C7)nc5c3F)N3C[C@@H](CCC)NC[C@H]3CCO4)c12. The van der Waals surface area contributed by atoms with Gasteiger partial charge < -0.3 is 24.8 Å². The molecule has 4 aromatic rings. The molecule has 48 heavy (non-hydrogen) atoms. The van der Waals surface area contributed by atoms with Crippen LogP contribution in [0.2, 0.25) is 0 Å². The molecule has 0 spiro atoms. The maximum absolute atomic E-state index is 17.1. The van der Waals surface area contributed by atoms with Crippen LogP contribution in [0.1, 0.15) is 51.0 Å². The van der Waals surface area contributed by atoms with Crippen molar-refractivity contribution in [3.63, 3.8) is 0 Å². The van der Waals surface area contributed by atoms with Gasteiger partial charge in [-0.25, -0.2) is 18.2 Å². The van der Waals surface area contributed by atoms with Crippen LogP contribution in [0.3, 0.4) is 0 Å². The summed E-state index contributed by atoms with van der Waals surface area (Å²) in [7, 11) is 0. The van der Waals surface area contributed by atoms with E-state index in [4.69, 9.17) is 20.9 Å². The number of aromatic hydroxyl groups is 1. The molecule has 9 nitrogen and oxygen atoms in total. The van der Waals surface area contributed by atoms with E-state index in [1.807, 2.05) is 0 Å². The number of alkyl halides is 1. The molecule has 0 unspecified atom stereocenters. The van der Waals surface area contributed by atoms with Crippen molar-refractivity contribution in [2.45, 2.75) is 69.2 Å². The number of phenolic OH excluding ortho intramolecular Hbond substituents is 1. The summed E-state index contributed by atoms with van der Waals surface area (Å²) in [6, 6.07) is 5.63. The van der Waals surface area contributed by atoms with Crippen LogP contribution in [0.15, 0.2) is 24.3 Å². The largest absolute Gasteiger partial charge is 0.508 e. The van der Waals surface area contributed by atoms with Crippen LogP contribution < -0.4 is 19.7 Å². The lowest BCUT2D eigenvalue weighted by Crippen LogP contribution is -2.57. The summed E-state index contributed by atoms with van der Waals surface area (Å²) in [4.78, 5) is 18.5. The lowest BCUT2D eigenvalue weighted by atomic mass is 9.95. The molecule has 2 aromatic heterocycles. The predicted octanol–water partition coefficient (Wildman–Crippen LogP) is 5.49. The Morgan fingerprint density at radius 3 is 2.90 bits per heavy atom. The molecule has 8 rings (SSSR count). The minimum Gasteiger partial charge on any atom is -0.508 e. The second kappa shape index (κ2) is 12.0. The van der Waals surface area contributed by atoms with Crippen molar-refractivity contribution in [1.82, 2.24) is 25.2 Å². The van der Waals surface area contributed by atoms with Crippen LogP contribution in [0.25, 0.3) is 32.9 Å². The highest BCUT2D eigenvalue weighted by Crippen LogP contribution is 2.44. The average Bonchev–Trinajstić information content (AvgIpc) is 3.60. The molecule has 4 aliphatic rings. The number of pyridine rings is 1. The Kier molecular flexibility index (Phi) is 7.72. The minimum absolute atomic E-state index is 0.0159. The van der Waals surface area contributed by atoms with Gasteiger partial charge in [-0.05, 0) is 49.4 Å². The molecule has 6 heterocycles. The van der Waals surface area contributed by atoms with Crippen LogP contribution in [0, 0.1) is 24.0 Å². The zero-order valence-corrected chi connectivity index (χ0v) is 26.7. The van der Waals surface area contributed by atoms with Crippen LogP contribution in [-0.4, -0.2) is 88.1 Å². The first-order chi connectivity index (χ1) is 23.3. The monoisotopic (exact) mass is 658 g/mol. The lowest BCUT2D eigenvalue weighted by Gasteiger charge is -2.42. The molecular formula is C36H37F3N6O3. The molecule has 4 atom stereocenters. The number of halogens is 3. The number of hydrogen-bond acceptors (Lipinski definition) is 9. The number of nitrogens with one attached hydrogen (secondary N) is 1. The van der Waals surface area contributed by atoms with E-state index in [1.54, 1.807) is 0 Å². The second-order valence-corrected chi connectivity index (χ2v) is 13.5. The third-order valence-electron chi connectivity index (χ3n) is 10.5. The van der Waals surface area contributed by atoms with Gasteiger partial charge in [0.1, 0.15) is 46.8 Å². The predicted molar refractivity (Wildman–Crippen MR) is 176 cm³/mol. The normalized spacial score (nSPS) is 25.3. The average molecular weight is 659 g/mol. The molecule has 0 saturated carbocycles. The van der Waals surface area contributed by atoms with Crippen molar-refractivity contribution in [1.29, 1.82) is 0 Å². The van der Waals surface area contributed by atoms with Gasteiger partial charge in [-0.15, -0.1) is 6.42 Å². The summed E-state index contributed by atoms with van der Waals surface area (Å²) in [6.07, 6.45) is 9.51. The van der Waals surface area contributed by atoms with Crippen LogP contribution >= 0.6 is 0 Å². The van der Waals surface area contributed by atoms with Crippen molar-refractivity contribution in [2.24, 2.45) is 0 Å². The minimum atomic E-state index is -0.933. The molecule has 12 heteroatoms. The zero-order valence-electron chi connectivity index (χ0n) is 26.7. The number of fused-ring (bicyclic) bond motifs is 4. The summed E-state index contributed by atoms with van der Waals surface area (Å²) in [6.45, 7) is 5.13. The van der Waals surface area contributed by atoms with E-state index in [0.717, 1.165) is 32.2 Å². The first-order valence-corrected chi connectivity index (χ1v) is 16.8. The number of ether oxygens (including phenoxy) is 2. The highest BCUT2D eigenvalue weighted by atomic mass is 19.1. The van der Waals surface area contributed by atoms with Gasteiger partial charge in [0.25, 0.3) is 0 Å². The molecule has 4 aliphatic heterocycles. The van der Waals surface area contributed by atoms with Crippen molar-refractivity contribution in [2.75, 3.05) is 44.3 Å². The lowest BCUT2D eigenvalue weighted by molar-refractivity contribution is 0.107. The Morgan fingerprint density at radius 1 is 1.19 bits per heavy atom. The summed E-state index contributed by atoms with van der Waals surface area (Å²) in [5.74, 6) is 1.33.